The van der Waals surface area contributed by atoms with Crippen LogP contribution in [0.5, 0.6) is 0 Å². The molecule has 0 atom stereocenters. The van der Waals surface area contributed by atoms with E-state index in [0.29, 0.717) is 5.82 Å². The number of aryl methyl sites for hydroxylation is 3. The summed E-state index contributed by atoms with van der Waals surface area (Å²) >= 11 is 0. The molecule has 2 aromatic heterocycles. The molecule has 0 aromatic carbocycles. The van der Waals surface area contributed by atoms with Crippen molar-refractivity contribution in [2.75, 3.05) is 12.4 Å². The van der Waals surface area contributed by atoms with Crippen LogP contribution in [0.4, 0.5) is 5.82 Å². The summed E-state index contributed by atoms with van der Waals surface area (Å²) in [5.41, 5.74) is 5.29. The summed E-state index contributed by atoms with van der Waals surface area (Å²) in [5.74, 6) is 1.58. The quantitative estimate of drug-likeness (QED) is 0.917. The van der Waals surface area contributed by atoms with Gasteiger partial charge in [0.2, 0.25) is 0 Å². The molecule has 0 unspecified atom stereocenters. The molecular weight excluding hydrogens is 236 g/mol. The smallest absolute Gasteiger partial charge is 0.180 e. The number of rotatable bonds is 3. The SMILES string of the molecule is CCc1nc(-c2ncc(C)cc2C)nc(NC)c1C. The van der Waals surface area contributed by atoms with Crippen molar-refractivity contribution in [3.63, 3.8) is 0 Å². The highest BCUT2D eigenvalue weighted by atomic mass is 15.0. The Labute approximate surface area is 114 Å². The molecule has 0 aliphatic heterocycles. The Morgan fingerprint density at radius 1 is 1.16 bits per heavy atom. The van der Waals surface area contributed by atoms with Crippen LogP contribution >= 0.6 is 0 Å². The first-order valence-corrected chi connectivity index (χ1v) is 6.55. The van der Waals surface area contributed by atoms with E-state index in [2.05, 4.69) is 33.3 Å². The van der Waals surface area contributed by atoms with E-state index in [9.17, 15) is 0 Å². The van der Waals surface area contributed by atoms with Crippen molar-refractivity contribution in [1.29, 1.82) is 0 Å². The van der Waals surface area contributed by atoms with Crippen LogP contribution in [0.2, 0.25) is 0 Å². The molecule has 0 spiro atoms. The fraction of sp³-hybridized carbons (Fsp3) is 0.400. The van der Waals surface area contributed by atoms with Crippen LogP contribution < -0.4 is 5.32 Å². The highest BCUT2D eigenvalue weighted by Gasteiger charge is 2.13. The lowest BCUT2D eigenvalue weighted by molar-refractivity contribution is 0.969. The van der Waals surface area contributed by atoms with Gasteiger partial charge in [-0.15, -0.1) is 0 Å². The van der Waals surface area contributed by atoms with E-state index in [1.165, 1.54) is 0 Å². The molecule has 0 aliphatic rings. The van der Waals surface area contributed by atoms with E-state index in [1.807, 2.05) is 34.0 Å². The minimum Gasteiger partial charge on any atom is -0.373 e. The van der Waals surface area contributed by atoms with Gasteiger partial charge in [0, 0.05) is 24.5 Å². The average molecular weight is 256 g/mol. The summed E-state index contributed by atoms with van der Waals surface area (Å²) in [6.45, 7) is 8.23. The monoisotopic (exact) mass is 256 g/mol. The third-order valence-corrected chi connectivity index (χ3v) is 3.25. The Morgan fingerprint density at radius 2 is 1.89 bits per heavy atom. The highest BCUT2D eigenvalue weighted by Crippen LogP contribution is 2.23. The molecule has 2 aromatic rings. The zero-order chi connectivity index (χ0) is 14.0. The number of aromatic nitrogens is 3. The molecule has 0 saturated carbocycles. The van der Waals surface area contributed by atoms with Gasteiger partial charge in [-0.3, -0.25) is 4.98 Å². The van der Waals surface area contributed by atoms with Crippen LogP contribution in [0, 0.1) is 20.8 Å². The Morgan fingerprint density at radius 3 is 2.47 bits per heavy atom. The first-order chi connectivity index (χ1) is 9.06. The topological polar surface area (TPSA) is 50.7 Å². The van der Waals surface area contributed by atoms with E-state index < -0.39 is 0 Å². The van der Waals surface area contributed by atoms with Crippen molar-refractivity contribution in [1.82, 2.24) is 15.0 Å². The number of nitrogens with zero attached hydrogens (tertiary/aromatic N) is 3. The van der Waals surface area contributed by atoms with E-state index in [0.717, 1.165) is 40.3 Å². The lowest BCUT2D eigenvalue weighted by Gasteiger charge is -2.12. The van der Waals surface area contributed by atoms with E-state index >= 15 is 0 Å². The van der Waals surface area contributed by atoms with Crippen LogP contribution in [0.1, 0.15) is 29.3 Å². The van der Waals surface area contributed by atoms with Gasteiger partial charge in [-0.05, 0) is 38.3 Å². The van der Waals surface area contributed by atoms with Crippen molar-refractivity contribution in [3.05, 3.63) is 34.6 Å². The molecule has 1 N–H and O–H groups in total. The molecule has 0 aliphatic carbocycles. The molecule has 100 valence electrons. The molecule has 2 heterocycles. The highest BCUT2D eigenvalue weighted by molar-refractivity contribution is 5.59. The second-order valence-corrected chi connectivity index (χ2v) is 4.75. The molecule has 0 amide bonds. The molecule has 4 heteroatoms. The Kier molecular flexibility index (Phi) is 3.79. The van der Waals surface area contributed by atoms with Gasteiger partial charge in [-0.25, -0.2) is 9.97 Å². The predicted molar refractivity (Wildman–Crippen MR) is 78.4 cm³/mol. The van der Waals surface area contributed by atoms with Crippen LogP contribution in [0.25, 0.3) is 11.5 Å². The van der Waals surface area contributed by atoms with Crippen molar-refractivity contribution in [2.45, 2.75) is 34.1 Å². The first-order valence-electron chi connectivity index (χ1n) is 6.55. The van der Waals surface area contributed by atoms with Crippen molar-refractivity contribution < 1.29 is 0 Å². The zero-order valence-electron chi connectivity index (χ0n) is 12.2. The predicted octanol–water partition coefficient (Wildman–Crippen LogP) is 3.07. The largest absolute Gasteiger partial charge is 0.373 e. The van der Waals surface area contributed by atoms with E-state index in [-0.39, 0.29) is 0 Å². The van der Waals surface area contributed by atoms with Crippen LogP contribution in [0.15, 0.2) is 12.3 Å². The number of hydrogen-bond donors (Lipinski definition) is 1. The van der Waals surface area contributed by atoms with Crippen molar-refractivity contribution in [3.8, 4) is 11.5 Å². The lowest BCUT2D eigenvalue weighted by atomic mass is 10.1. The standard InChI is InChI=1S/C15H20N4/c1-6-12-11(4)14(16-5)19-15(18-12)13-10(3)7-9(2)8-17-13/h7-8H,6H2,1-5H3,(H,16,18,19). The normalized spacial score (nSPS) is 10.6. The lowest BCUT2D eigenvalue weighted by Crippen LogP contribution is -2.06. The summed E-state index contributed by atoms with van der Waals surface area (Å²) < 4.78 is 0. The van der Waals surface area contributed by atoms with E-state index in [4.69, 9.17) is 0 Å². The van der Waals surface area contributed by atoms with Gasteiger partial charge in [-0.1, -0.05) is 13.0 Å². The summed E-state index contributed by atoms with van der Waals surface area (Å²) in [6.07, 6.45) is 2.75. The number of pyridine rings is 1. The number of nitrogens with one attached hydrogen (secondary N) is 1. The summed E-state index contributed by atoms with van der Waals surface area (Å²) in [7, 11) is 1.88. The van der Waals surface area contributed by atoms with Gasteiger partial charge in [0.1, 0.15) is 11.5 Å². The Hall–Kier alpha value is -1.97. The summed E-state index contributed by atoms with van der Waals surface area (Å²) in [6, 6.07) is 2.11. The third-order valence-electron chi connectivity index (χ3n) is 3.25. The van der Waals surface area contributed by atoms with E-state index in [1.54, 1.807) is 0 Å². The molecule has 0 radical (unpaired) electrons. The minimum atomic E-state index is 0.698. The maximum atomic E-state index is 4.65. The molecule has 2 rings (SSSR count). The van der Waals surface area contributed by atoms with Crippen LogP contribution in [0.3, 0.4) is 0 Å². The molecule has 19 heavy (non-hydrogen) atoms. The van der Waals surface area contributed by atoms with Crippen LogP contribution in [-0.2, 0) is 6.42 Å². The van der Waals surface area contributed by atoms with Crippen LogP contribution in [-0.4, -0.2) is 22.0 Å². The van der Waals surface area contributed by atoms with Gasteiger partial charge in [0.15, 0.2) is 5.82 Å². The fourth-order valence-corrected chi connectivity index (χ4v) is 2.21. The molecule has 0 fully saturated rings. The maximum Gasteiger partial charge on any atom is 0.180 e. The van der Waals surface area contributed by atoms with Gasteiger partial charge in [-0.2, -0.15) is 0 Å². The van der Waals surface area contributed by atoms with Gasteiger partial charge < -0.3 is 5.32 Å². The summed E-state index contributed by atoms with van der Waals surface area (Å²) in [5, 5.41) is 3.13. The third kappa shape index (κ3) is 2.57. The molecular formula is C15H20N4. The second-order valence-electron chi connectivity index (χ2n) is 4.75. The zero-order valence-corrected chi connectivity index (χ0v) is 12.2. The maximum absolute atomic E-state index is 4.65. The van der Waals surface area contributed by atoms with Crippen molar-refractivity contribution in [2.24, 2.45) is 0 Å². The summed E-state index contributed by atoms with van der Waals surface area (Å²) in [4.78, 5) is 13.7. The fourth-order valence-electron chi connectivity index (χ4n) is 2.21. The molecule has 4 nitrogen and oxygen atoms in total. The Balaban J connectivity index is 2.62. The Bertz CT molecular complexity index is 580. The molecule has 0 saturated heterocycles. The van der Waals surface area contributed by atoms with Gasteiger partial charge in [0.25, 0.3) is 0 Å². The second kappa shape index (κ2) is 5.34. The van der Waals surface area contributed by atoms with Gasteiger partial charge in [0.05, 0.1) is 0 Å². The number of hydrogen-bond acceptors (Lipinski definition) is 4. The average Bonchev–Trinajstić information content (AvgIpc) is 2.39. The van der Waals surface area contributed by atoms with Crippen molar-refractivity contribution >= 4 is 5.82 Å². The van der Waals surface area contributed by atoms with Gasteiger partial charge >= 0.3 is 0 Å². The minimum absolute atomic E-state index is 0.698. The molecule has 0 bridgehead atoms. The number of anilines is 1. The first kappa shape index (κ1) is 13.5.